The number of anilines is 1. The summed E-state index contributed by atoms with van der Waals surface area (Å²) < 4.78 is 10.5. The number of pyridine rings is 1. The van der Waals surface area contributed by atoms with Gasteiger partial charge in [-0.15, -0.1) is 0 Å². The van der Waals surface area contributed by atoms with Crippen molar-refractivity contribution in [3.8, 4) is 17.1 Å². The second-order valence-corrected chi connectivity index (χ2v) is 6.41. The predicted molar refractivity (Wildman–Crippen MR) is 107 cm³/mol. The number of nitrogens with one attached hydrogen (secondary N) is 1. The molecule has 4 rings (SSSR count). The third kappa shape index (κ3) is 4.17. The van der Waals surface area contributed by atoms with Gasteiger partial charge >= 0.3 is 0 Å². The lowest BCUT2D eigenvalue weighted by molar-refractivity contribution is -0.135. The van der Waals surface area contributed by atoms with Crippen molar-refractivity contribution in [3.63, 3.8) is 0 Å². The van der Waals surface area contributed by atoms with Crippen molar-refractivity contribution in [2.45, 2.75) is 12.8 Å². The molecule has 0 fully saturated rings. The fraction of sp³-hybridized carbons (Fsp3) is 0.200. The molecule has 2 amide bonds. The Morgan fingerprint density at radius 1 is 1.20 bits per heavy atom. The second kappa shape index (κ2) is 8.52. The maximum Gasteiger partial charge on any atom is 0.274 e. The van der Waals surface area contributed by atoms with E-state index in [9.17, 15) is 9.59 Å². The number of hydrazone groups is 1. The van der Waals surface area contributed by atoms with Crippen LogP contribution in [-0.2, 0) is 9.59 Å². The summed E-state index contributed by atoms with van der Waals surface area (Å²) in [5.41, 5.74) is 1.71. The molecule has 0 unspecified atom stereocenters. The summed E-state index contributed by atoms with van der Waals surface area (Å²) in [4.78, 5) is 33.0. The van der Waals surface area contributed by atoms with Gasteiger partial charge in [-0.05, 0) is 24.3 Å². The summed E-state index contributed by atoms with van der Waals surface area (Å²) in [6.45, 7) is -0.244. The predicted octanol–water partition coefficient (Wildman–Crippen LogP) is 2.11. The number of aromatic nitrogens is 3. The van der Waals surface area contributed by atoms with E-state index >= 15 is 0 Å². The number of hydrogen-bond donors (Lipinski definition) is 1. The average molecular weight is 406 g/mol. The number of benzene rings is 1. The topological polar surface area (TPSA) is 123 Å². The molecule has 0 aliphatic carbocycles. The fourth-order valence-corrected chi connectivity index (χ4v) is 2.91. The normalized spacial score (nSPS) is 13.7. The quantitative estimate of drug-likeness (QED) is 0.665. The van der Waals surface area contributed by atoms with E-state index in [0.29, 0.717) is 29.4 Å². The first-order valence-electron chi connectivity index (χ1n) is 9.19. The maximum absolute atomic E-state index is 12.4. The third-order valence-electron chi connectivity index (χ3n) is 4.39. The van der Waals surface area contributed by atoms with Crippen LogP contribution in [0.2, 0.25) is 0 Å². The van der Waals surface area contributed by atoms with Crippen LogP contribution in [0.3, 0.4) is 0 Å². The third-order valence-corrected chi connectivity index (χ3v) is 4.39. The molecule has 3 heterocycles. The number of carbonyl (C=O) groups is 2. The molecule has 0 saturated carbocycles. The highest BCUT2D eigenvalue weighted by Gasteiger charge is 2.26. The molecule has 10 heteroatoms. The molecule has 1 aliphatic rings. The van der Waals surface area contributed by atoms with Gasteiger partial charge in [0.05, 0.1) is 12.8 Å². The van der Waals surface area contributed by atoms with Crippen molar-refractivity contribution in [1.82, 2.24) is 20.1 Å². The van der Waals surface area contributed by atoms with Crippen LogP contribution in [0.15, 0.2) is 58.4 Å². The molecule has 3 aromatic rings. The first-order chi connectivity index (χ1) is 14.6. The molecular weight excluding hydrogens is 388 g/mol. The molecule has 1 aromatic carbocycles. The van der Waals surface area contributed by atoms with E-state index in [1.807, 2.05) is 0 Å². The van der Waals surface area contributed by atoms with E-state index < -0.39 is 5.91 Å². The van der Waals surface area contributed by atoms with Crippen LogP contribution < -0.4 is 10.1 Å². The number of hydrogen-bond acceptors (Lipinski definition) is 8. The molecule has 0 radical (unpaired) electrons. The zero-order valence-electron chi connectivity index (χ0n) is 16.1. The number of para-hydroxylation sites is 2. The van der Waals surface area contributed by atoms with Crippen LogP contribution >= 0.6 is 0 Å². The summed E-state index contributed by atoms with van der Waals surface area (Å²) in [6, 6.07) is 10.5. The van der Waals surface area contributed by atoms with Gasteiger partial charge in [0.15, 0.2) is 0 Å². The van der Waals surface area contributed by atoms with Crippen LogP contribution in [0.25, 0.3) is 11.4 Å². The zero-order valence-corrected chi connectivity index (χ0v) is 16.1. The van der Waals surface area contributed by atoms with E-state index in [1.54, 1.807) is 48.8 Å². The lowest BCUT2D eigenvalue weighted by atomic mass is 10.1. The summed E-state index contributed by atoms with van der Waals surface area (Å²) in [5.74, 6) is 0.468. The number of rotatable bonds is 6. The molecule has 1 N–H and O–H groups in total. The van der Waals surface area contributed by atoms with Gasteiger partial charge < -0.3 is 14.6 Å². The standard InChI is InChI=1S/C20H18N6O4/c1-29-16-5-3-2-4-14(16)22-17(27)12-26-18(28)7-6-15(24-26)20-23-19(25-30-20)13-8-10-21-11-9-13/h2-5,8-11H,6-7,12H2,1H3,(H,22,27). The van der Waals surface area contributed by atoms with Crippen molar-refractivity contribution >= 4 is 23.2 Å². The molecule has 0 bridgehead atoms. The van der Waals surface area contributed by atoms with Crippen LogP contribution in [-0.4, -0.2) is 51.3 Å². The fourth-order valence-electron chi connectivity index (χ4n) is 2.91. The van der Waals surface area contributed by atoms with Crippen molar-refractivity contribution < 1.29 is 18.8 Å². The number of amides is 2. The highest BCUT2D eigenvalue weighted by molar-refractivity contribution is 6.02. The maximum atomic E-state index is 12.4. The Balaban J connectivity index is 1.49. The summed E-state index contributed by atoms with van der Waals surface area (Å²) in [7, 11) is 1.51. The van der Waals surface area contributed by atoms with Gasteiger partial charge in [-0.25, -0.2) is 5.01 Å². The summed E-state index contributed by atoms with van der Waals surface area (Å²) >= 11 is 0. The zero-order chi connectivity index (χ0) is 20.9. The van der Waals surface area contributed by atoms with Gasteiger partial charge in [-0.2, -0.15) is 10.1 Å². The smallest absolute Gasteiger partial charge is 0.274 e. The van der Waals surface area contributed by atoms with Crippen LogP contribution in [0.1, 0.15) is 18.7 Å². The molecule has 10 nitrogen and oxygen atoms in total. The molecule has 152 valence electrons. The van der Waals surface area contributed by atoms with Gasteiger partial charge in [-0.1, -0.05) is 17.3 Å². The molecule has 0 saturated heterocycles. The first kappa shape index (κ1) is 19.2. The van der Waals surface area contributed by atoms with E-state index in [-0.39, 0.29) is 24.8 Å². The number of nitrogens with zero attached hydrogens (tertiary/aromatic N) is 5. The minimum atomic E-state index is -0.402. The van der Waals surface area contributed by atoms with Gasteiger partial charge in [-0.3, -0.25) is 14.6 Å². The Bertz CT molecular complexity index is 1100. The number of carbonyl (C=O) groups excluding carboxylic acids is 2. The Morgan fingerprint density at radius 2 is 2.00 bits per heavy atom. The van der Waals surface area contributed by atoms with Crippen molar-refractivity contribution in [1.29, 1.82) is 0 Å². The van der Waals surface area contributed by atoms with Crippen LogP contribution in [0.5, 0.6) is 5.75 Å². The highest BCUT2D eigenvalue weighted by Crippen LogP contribution is 2.23. The SMILES string of the molecule is COc1ccccc1NC(=O)CN1N=C(c2nc(-c3ccncc3)no2)CCC1=O. The van der Waals surface area contributed by atoms with Crippen molar-refractivity contribution in [2.24, 2.45) is 5.10 Å². The van der Waals surface area contributed by atoms with Gasteiger partial charge in [0, 0.05) is 30.8 Å². The van der Waals surface area contributed by atoms with Crippen molar-refractivity contribution in [2.75, 3.05) is 19.0 Å². The van der Waals surface area contributed by atoms with E-state index in [2.05, 4.69) is 25.5 Å². The molecule has 1 aliphatic heterocycles. The van der Waals surface area contributed by atoms with Crippen LogP contribution in [0.4, 0.5) is 5.69 Å². The van der Waals surface area contributed by atoms with E-state index in [4.69, 9.17) is 9.26 Å². The van der Waals surface area contributed by atoms with E-state index in [1.165, 1.54) is 7.11 Å². The van der Waals surface area contributed by atoms with Gasteiger partial charge in [0.25, 0.3) is 5.89 Å². The molecular formula is C20H18N6O4. The van der Waals surface area contributed by atoms with E-state index in [0.717, 1.165) is 10.6 Å². The van der Waals surface area contributed by atoms with Gasteiger partial charge in [0.2, 0.25) is 17.6 Å². The minimum absolute atomic E-state index is 0.188. The second-order valence-electron chi connectivity index (χ2n) is 6.41. The Kier molecular flexibility index (Phi) is 5.46. The Morgan fingerprint density at radius 3 is 2.80 bits per heavy atom. The number of methoxy groups -OCH3 is 1. The summed E-state index contributed by atoms with van der Waals surface area (Å²) in [6.07, 6.45) is 3.80. The minimum Gasteiger partial charge on any atom is -0.495 e. The molecule has 2 aromatic heterocycles. The first-order valence-corrected chi connectivity index (χ1v) is 9.19. The van der Waals surface area contributed by atoms with Crippen LogP contribution in [0, 0.1) is 0 Å². The Hall–Kier alpha value is -4.08. The van der Waals surface area contributed by atoms with Crippen molar-refractivity contribution in [3.05, 3.63) is 54.7 Å². The Labute approximate surface area is 171 Å². The summed E-state index contributed by atoms with van der Waals surface area (Å²) in [5, 5.41) is 12.1. The lowest BCUT2D eigenvalue weighted by Crippen LogP contribution is -2.38. The largest absolute Gasteiger partial charge is 0.495 e. The lowest BCUT2D eigenvalue weighted by Gasteiger charge is -2.22. The molecule has 30 heavy (non-hydrogen) atoms. The molecule has 0 spiro atoms. The molecule has 0 atom stereocenters. The average Bonchev–Trinajstić information content (AvgIpc) is 3.26. The van der Waals surface area contributed by atoms with Gasteiger partial charge in [0.1, 0.15) is 18.0 Å². The highest BCUT2D eigenvalue weighted by atomic mass is 16.5. The number of ether oxygens (including phenoxy) is 1. The monoisotopic (exact) mass is 406 g/mol.